The Morgan fingerprint density at radius 1 is 1.25 bits per heavy atom. The normalized spacial score (nSPS) is 17.9. The molecule has 2 N–H and O–H groups in total. The molecule has 20 heavy (non-hydrogen) atoms. The van der Waals surface area contributed by atoms with Crippen molar-refractivity contribution in [3.8, 4) is 0 Å². The summed E-state index contributed by atoms with van der Waals surface area (Å²) in [6, 6.07) is 0.472. The van der Waals surface area contributed by atoms with Gasteiger partial charge >= 0.3 is 6.09 Å². The van der Waals surface area contributed by atoms with Crippen molar-refractivity contribution in [3.05, 3.63) is 11.9 Å². The Hall–Kier alpha value is -1.10. The fourth-order valence-electron chi connectivity index (χ4n) is 2.22. The summed E-state index contributed by atoms with van der Waals surface area (Å²) in [5.74, 6) is 0. The lowest BCUT2D eigenvalue weighted by molar-refractivity contribution is 0.0532. The summed E-state index contributed by atoms with van der Waals surface area (Å²) in [7, 11) is 0. The summed E-state index contributed by atoms with van der Waals surface area (Å²) in [6.45, 7) is 6.03. The smallest absolute Gasteiger partial charge is 0.407 e. The lowest BCUT2D eigenvalue weighted by atomic mass is 9.95. The van der Waals surface area contributed by atoms with Crippen LogP contribution in [0, 0.1) is 0 Å². The minimum absolute atomic E-state index is 0.172. The van der Waals surface area contributed by atoms with Gasteiger partial charge < -0.3 is 15.4 Å². The van der Waals surface area contributed by atoms with Crippen molar-refractivity contribution in [2.45, 2.75) is 64.5 Å². The molecule has 5 heteroatoms. The highest BCUT2D eigenvalue weighted by Gasteiger charge is 2.16. The van der Waals surface area contributed by atoms with Gasteiger partial charge in [-0.2, -0.15) is 0 Å². The second-order valence-corrected chi connectivity index (χ2v) is 6.34. The average Bonchev–Trinajstić information content (AvgIpc) is 2.38. The molecule has 0 aromatic carbocycles. The zero-order chi connectivity index (χ0) is 15.0. The number of rotatable bonds is 5. The van der Waals surface area contributed by atoms with Gasteiger partial charge in [0, 0.05) is 19.1 Å². The number of halogens is 1. The van der Waals surface area contributed by atoms with E-state index in [1.165, 1.54) is 19.3 Å². The zero-order valence-electron chi connectivity index (χ0n) is 12.8. The Morgan fingerprint density at radius 3 is 2.45 bits per heavy atom. The predicted octanol–water partition coefficient (Wildman–Crippen LogP) is 3.29. The van der Waals surface area contributed by atoms with Crippen LogP contribution in [0.25, 0.3) is 0 Å². The quantitative estimate of drug-likeness (QED) is 0.815. The molecular formula is C15H27FN2O2. The van der Waals surface area contributed by atoms with E-state index in [-0.39, 0.29) is 6.54 Å². The molecule has 1 fully saturated rings. The van der Waals surface area contributed by atoms with Crippen molar-refractivity contribution < 1.29 is 13.9 Å². The van der Waals surface area contributed by atoms with Crippen LogP contribution in [0.15, 0.2) is 11.9 Å². The number of hydrogen-bond acceptors (Lipinski definition) is 3. The van der Waals surface area contributed by atoms with E-state index in [2.05, 4.69) is 10.6 Å². The minimum Gasteiger partial charge on any atom is -0.444 e. The highest BCUT2D eigenvalue weighted by atomic mass is 19.1. The van der Waals surface area contributed by atoms with Crippen LogP contribution in [0.1, 0.15) is 52.9 Å². The van der Waals surface area contributed by atoms with E-state index in [9.17, 15) is 9.18 Å². The number of amides is 1. The van der Waals surface area contributed by atoms with E-state index in [1.807, 2.05) is 0 Å². The Morgan fingerprint density at radius 2 is 1.90 bits per heavy atom. The predicted molar refractivity (Wildman–Crippen MR) is 78.3 cm³/mol. The number of carbonyl (C=O) groups is 1. The standard InChI is InChI=1S/C15H27FN2O2/c1-15(2,3)20-14(19)18-11-12(9-16)10-17-13-7-5-4-6-8-13/h9,13,17H,4-8,10-11H2,1-3H3,(H,18,19). The molecule has 0 spiro atoms. The van der Waals surface area contributed by atoms with Gasteiger partial charge in [0.05, 0.1) is 6.33 Å². The van der Waals surface area contributed by atoms with Crippen LogP contribution in [-0.2, 0) is 4.74 Å². The Labute approximate surface area is 121 Å². The fraction of sp³-hybridized carbons (Fsp3) is 0.800. The molecule has 0 heterocycles. The van der Waals surface area contributed by atoms with E-state index in [0.29, 0.717) is 24.5 Å². The van der Waals surface area contributed by atoms with Crippen LogP contribution in [0.4, 0.5) is 9.18 Å². The lowest BCUT2D eigenvalue weighted by Crippen LogP contribution is -2.37. The van der Waals surface area contributed by atoms with Gasteiger partial charge in [-0.25, -0.2) is 9.18 Å². The van der Waals surface area contributed by atoms with Gasteiger partial charge in [-0.3, -0.25) is 0 Å². The number of ether oxygens (including phenoxy) is 1. The summed E-state index contributed by atoms with van der Waals surface area (Å²) < 4.78 is 17.9. The van der Waals surface area contributed by atoms with Gasteiger partial charge in [-0.05, 0) is 39.2 Å². The number of alkyl carbamates (subject to hydrolysis) is 1. The van der Waals surface area contributed by atoms with E-state index in [4.69, 9.17) is 4.74 Å². The summed E-state index contributed by atoms with van der Waals surface area (Å²) in [5, 5.41) is 5.91. The van der Waals surface area contributed by atoms with Gasteiger partial charge in [0.15, 0.2) is 0 Å². The third-order valence-corrected chi connectivity index (χ3v) is 3.24. The molecule has 1 aliphatic rings. The molecule has 116 valence electrons. The molecule has 1 saturated carbocycles. The summed E-state index contributed by atoms with van der Waals surface area (Å²) in [5.41, 5.74) is -0.00857. The van der Waals surface area contributed by atoms with E-state index >= 15 is 0 Å². The average molecular weight is 286 g/mol. The number of nitrogens with one attached hydrogen (secondary N) is 2. The summed E-state index contributed by atoms with van der Waals surface area (Å²) in [6.07, 6.45) is 6.12. The van der Waals surface area contributed by atoms with Crippen LogP contribution < -0.4 is 10.6 Å². The largest absolute Gasteiger partial charge is 0.444 e. The fourth-order valence-corrected chi connectivity index (χ4v) is 2.22. The molecule has 1 amide bonds. The van der Waals surface area contributed by atoms with Crippen molar-refractivity contribution in [3.63, 3.8) is 0 Å². The first-order valence-corrected chi connectivity index (χ1v) is 7.39. The van der Waals surface area contributed by atoms with Gasteiger partial charge in [-0.1, -0.05) is 19.3 Å². The van der Waals surface area contributed by atoms with Crippen LogP contribution in [0.3, 0.4) is 0 Å². The molecule has 1 aliphatic carbocycles. The molecule has 4 nitrogen and oxygen atoms in total. The number of carbonyl (C=O) groups excluding carboxylic acids is 1. The van der Waals surface area contributed by atoms with Crippen molar-refractivity contribution in [2.75, 3.05) is 13.1 Å². The maximum Gasteiger partial charge on any atom is 0.407 e. The first-order chi connectivity index (χ1) is 9.40. The molecule has 0 aromatic rings. The van der Waals surface area contributed by atoms with E-state index in [1.54, 1.807) is 20.8 Å². The molecule has 1 rings (SSSR count). The molecular weight excluding hydrogens is 259 g/mol. The zero-order valence-corrected chi connectivity index (χ0v) is 12.8. The van der Waals surface area contributed by atoms with Crippen LogP contribution in [0.2, 0.25) is 0 Å². The highest BCUT2D eigenvalue weighted by molar-refractivity contribution is 5.68. The Kier molecular flexibility index (Phi) is 6.99. The third-order valence-electron chi connectivity index (χ3n) is 3.24. The molecule has 0 bridgehead atoms. The first kappa shape index (κ1) is 17.0. The SMILES string of the molecule is CC(C)(C)OC(=O)NCC(=CF)CNC1CCCCC1. The maximum atomic E-state index is 12.8. The van der Waals surface area contributed by atoms with Crippen molar-refractivity contribution in [2.24, 2.45) is 0 Å². The van der Waals surface area contributed by atoms with Gasteiger partial charge in [0.2, 0.25) is 0 Å². The Bertz CT molecular complexity index is 331. The van der Waals surface area contributed by atoms with Gasteiger partial charge in [0.1, 0.15) is 5.60 Å². The molecule has 0 saturated heterocycles. The monoisotopic (exact) mass is 286 g/mol. The molecule has 0 aromatic heterocycles. The van der Waals surface area contributed by atoms with Crippen molar-refractivity contribution >= 4 is 6.09 Å². The number of hydrogen-bond donors (Lipinski definition) is 2. The second-order valence-electron chi connectivity index (χ2n) is 6.34. The van der Waals surface area contributed by atoms with Crippen molar-refractivity contribution in [1.29, 1.82) is 0 Å². The molecule has 0 unspecified atom stereocenters. The van der Waals surface area contributed by atoms with Crippen LogP contribution >= 0.6 is 0 Å². The first-order valence-electron chi connectivity index (χ1n) is 7.39. The van der Waals surface area contributed by atoms with Crippen LogP contribution in [0.5, 0.6) is 0 Å². The highest BCUT2D eigenvalue weighted by Crippen LogP contribution is 2.17. The summed E-state index contributed by atoms with van der Waals surface area (Å²) >= 11 is 0. The van der Waals surface area contributed by atoms with Crippen LogP contribution in [-0.4, -0.2) is 30.8 Å². The molecule has 0 atom stereocenters. The lowest BCUT2D eigenvalue weighted by Gasteiger charge is -2.23. The molecule has 0 aliphatic heterocycles. The van der Waals surface area contributed by atoms with Gasteiger partial charge in [0.25, 0.3) is 0 Å². The Balaban J connectivity index is 2.24. The van der Waals surface area contributed by atoms with E-state index < -0.39 is 11.7 Å². The van der Waals surface area contributed by atoms with E-state index in [0.717, 1.165) is 12.8 Å². The molecule has 0 radical (unpaired) electrons. The maximum absolute atomic E-state index is 12.8. The van der Waals surface area contributed by atoms with Crippen molar-refractivity contribution in [1.82, 2.24) is 10.6 Å². The second kappa shape index (κ2) is 8.25. The topological polar surface area (TPSA) is 50.4 Å². The summed E-state index contributed by atoms with van der Waals surface area (Å²) in [4.78, 5) is 11.5. The minimum atomic E-state index is -0.538. The van der Waals surface area contributed by atoms with Gasteiger partial charge in [-0.15, -0.1) is 0 Å². The third kappa shape index (κ3) is 7.48.